The molecular weight excluding hydrogens is 304 g/mol. The Labute approximate surface area is 139 Å². The molecule has 0 bridgehead atoms. The van der Waals surface area contributed by atoms with Crippen molar-refractivity contribution in [2.75, 3.05) is 13.1 Å². The first-order valence-electron chi connectivity index (χ1n) is 7.68. The number of amides is 2. The first-order chi connectivity index (χ1) is 11.7. The number of nitrogens with zero attached hydrogens (tertiary/aromatic N) is 2. The molecule has 0 fully saturated rings. The molecule has 2 N–H and O–H groups in total. The van der Waals surface area contributed by atoms with E-state index in [4.69, 9.17) is 0 Å². The first kappa shape index (κ1) is 15.7. The standard InChI is InChI=1S/C18H18N4O2/c1-22-15-8-3-2-6-13(15)12-16(22)18(24)21-11-10-20-17(23)14-7-4-5-9-19-14/h2-9,12H,10-11H2,1H3,(H,20,23)(H,21,24). The highest BCUT2D eigenvalue weighted by atomic mass is 16.2. The van der Waals surface area contributed by atoms with E-state index in [0.29, 0.717) is 24.5 Å². The van der Waals surface area contributed by atoms with E-state index in [1.54, 1.807) is 24.4 Å². The van der Waals surface area contributed by atoms with E-state index in [0.717, 1.165) is 10.9 Å². The van der Waals surface area contributed by atoms with Crippen LogP contribution in [0.15, 0.2) is 54.7 Å². The predicted octanol–water partition coefficient (Wildman–Crippen LogP) is 1.73. The van der Waals surface area contributed by atoms with Gasteiger partial charge < -0.3 is 15.2 Å². The number of aryl methyl sites for hydroxylation is 1. The highest BCUT2D eigenvalue weighted by Gasteiger charge is 2.12. The summed E-state index contributed by atoms with van der Waals surface area (Å²) in [7, 11) is 1.86. The minimum atomic E-state index is -0.255. The fourth-order valence-corrected chi connectivity index (χ4v) is 2.54. The third-order valence-corrected chi connectivity index (χ3v) is 3.78. The molecule has 0 unspecified atom stereocenters. The van der Waals surface area contributed by atoms with Crippen LogP contribution in [0.25, 0.3) is 10.9 Å². The molecule has 0 radical (unpaired) electrons. The molecule has 0 saturated carbocycles. The molecule has 2 aromatic heterocycles. The van der Waals surface area contributed by atoms with Gasteiger partial charge in [0.15, 0.2) is 0 Å². The summed E-state index contributed by atoms with van der Waals surface area (Å²) < 4.78 is 1.86. The van der Waals surface area contributed by atoms with E-state index in [1.807, 2.05) is 41.9 Å². The molecule has 1 aromatic carbocycles. The van der Waals surface area contributed by atoms with E-state index in [1.165, 1.54) is 0 Å². The van der Waals surface area contributed by atoms with E-state index < -0.39 is 0 Å². The zero-order valence-corrected chi connectivity index (χ0v) is 13.3. The molecule has 3 rings (SSSR count). The van der Waals surface area contributed by atoms with Crippen molar-refractivity contribution in [3.63, 3.8) is 0 Å². The van der Waals surface area contributed by atoms with Crippen LogP contribution in [0.2, 0.25) is 0 Å². The Morgan fingerprint density at radius 1 is 1.00 bits per heavy atom. The quantitative estimate of drug-likeness (QED) is 0.703. The average molecular weight is 322 g/mol. The van der Waals surface area contributed by atoms with Gasteiger partial charge in [-0.2, -0.15) is 0 Å². The van der Waals surface area contributed by atoms with Gasteiger partial charge in [-0.1, -0.05) is 24.3 Å². The summed E-state index contributed by atoms with van der Waals surface area (Å²) in [6.45, 7) is 0.685. The summed E-state index contributed by atoms with van der Waals surface area (Å²) in [5.41, 5.74) is 1.95. The van der Waals surface area contributed by atoms with Gasteiger partial charge in [0.05, 0.1) is 0 Å². The second-order valence-electron chi connectivity index (χ2n) is 5.37. The molecule has 6 heteroatoms. The zero-order valence-electron chi connectivity index (χ0n) is 13.3. The van der Waals surface area contributed by atoms with Crippen molar-refractivity contribution in [3.05, 3.63) is 66.1 Å². The maximum Gasteiger partial charge on any atom is 0.269 e. The molecular formula is C18H18N4O2. The number of carbonyl (C=O) groups excluding carboxylic acids is 2. The third-order valence-electron chi connectivity index (χ3n) is 3.78. The molecule has 2 heterocycles. The van der Waals surface area contributed by atoms with Crippen molar-refractivity contribution in [2.45, 2.75) is 0 Å². The lowest BCUT2D eigenvalue weighted by Gasteiger charge is -2.07. The topological polar surface area (TPSA) is 76.0 Å². The summed E-state index contributed by atoms with van der Waals surface area (Å²) in [6.07, 6.45) is 1.57. The number of fused-ring (bicyclic) bond motifs is 1. The largest absolute Gasteiger partial charge is 0.349 e. The van der Waals surface area contributed by atoms with Crippen LogP contribution in [0.3, 0.4) is 0 Å². The summed E-state index contributed by atoms with van der Waals surface area (Å²) >= 11 is 0. The summed E-state index contributed by atoms with van der Waals surface area (Å²) in [4.78, 5) is 28.1. The molecule has 0 atom stereocenters. The van der Waals surface area contributed by atoms with Crippen molar-refractivity contribution in [3.8, 4) is 0 Å². The van der Waals surface area contributed by atoms with E-state index in [9.17, 15) is 9.59 Å². The van der Waals surface area contributed by atoms with Crippen LogP contribution in [0.1, 0.15) is 21.0 Å². The first-order valence-corrected chi connectivity index (χ1v) is 7.68. The Kier molecular flexibility index (Phi) is 4.56. The second-order valence-corrected chi connectivity index (χ2v) is 5.37. The van der Waals surface area contributed by atoms with Gasteiger partial charge in [-0.05, 0) is 24.3 Å². The number of pyridine rings is 1. The maximum absolute atomic E-state index is 12.3. The van der Waals surface area contributed by atoms with Crippen LogP contribution >= 0.6 is 0 Å². The van der Waals surface area contributed by atoms with Gasteiger partial charge in [-0.25, -0.2) is 0 Å². The Bertz CT molecular complexity index is 871. The minimum absolute atomic E-state index is 0.166. The zero-order chi connectivity index (χ0) is 16.9. The van der Waals surface area contributed by atoms with Crippen molar-refractivity contribution in [1.82, 2.24) is 20.2 Å². The number of rotatable bonds is 5. The molecule has 3 aromatic rings. The molecule has 0 aliphatic carbocycles. The van der Waals surface area contributed by atoms with Crippen molar-refractivity contribution < 1.29 is 9.59 Å². The van der Waals surface area contributed by atoms with Crippen LogP contribution in [-0.4, -0.2) is 34.5 Å². The number of hydrogen-bond donors (Lipinski definition) is 2. The highest BCUT2D eigenvalue weighted by Crippen LogP contribution is 2.17. The highest BCUT2D eigenvalue weighted by molar-refractivity contribution is 5.98. The monoisotopic (exact) mass is 322 g/mol. The van der Waals surface area contributed by atoms with Gasteiger partial charge >= 0.3 is 0 Å². The summed E-state index contributed by atoms with van der Waals surface area (Å²) in [6, 6.07) is 14.8. The van der Waals surface area contributed by atoms with Crippen LogP contribution in [0.5, 0.6) is 0 Å². The Hall–Kier alpha value is -3.15. The van der Waals surface area contributed by atoms with Gasteiger partial charge in [-0.15, -0.1) is 0 Å². The lowest BCUT2D eigenvalue weighted by Crippen LogP contribution is -2.35. The predicted molar refractivity (Wildman–Crippen MR) is 91.8 cm³/mol. The maximum atomic E-state index is 12.3. The molecule has 6 nitrogen and oxygen atoms in total. The minimum Gasteiger partial charge on any atom is -0.349 e. The number of carbonyl (C=O) groups is 2. The number of para-hydroxylation sites is 1. The number of nitrogens with one attached hydrogen (secondary N) is 2. The van der Waals surface area contributed by atoms with Crippen molar-refractivity contribution in [1.29, 1.82) is 0 Å². The van der Waals surface area contributed by atoms with Crippen molar-refractivity contribution >= 4 is 22.7 Å². The second kappa shape index (κ2) is 6.95. The molecule has 0 aliphatic rings. The van der Waals surface area contributed by atoms with Gasteiger partial charge in [0.2, 0.25) is 0 Å². The fourth-order valence-electron chi connectivity index (χ4n) is 2.54. The molecule has 2 amide bonds. The molecule has 0 saturated heterocycles. The number of aromatic nitrogens is 2. The fraction of sp³-hybridized carbons (Fsp3) is 0.167. The normalized spacial score (nSPS) is 10.5. The number of hydrogen-bond acceptors (Lipinski definition) is 3. The van der Waals surface area contributed by atoms with Crippen LogP contribution in [0, 0.1) is 0 Å². The average Bonchev–Trinajstić information content (AvgIpc) is 2.96. The SMILES string of the molecule is Cn1c(C(=O)NCCNC(=O)c2ccccn2)cc2ccccc21. The van der Waals surface area contributed by atoms with Crippen LogP contribution < -0.4 is 10.6 Å². The van der Waals surface area contributed by atoms with Crippen molar-refractivity contribution in [2.24, 2.45) is 7.05 Å². The summed E-state index contributed by atoms with van der Waals surface area (Å²) in [5.74, 6) is -0.421. The van der Waals surface area contributed by atoms with Crippen LogP contribution in [-0.2, 0) is 7.05 Å². The van der Waals surface area contributed by atoms with E-state index in [-0.39, 0.29) is 11.8 Å². The Morgan fingerprint density at radius 3 is 2.42 bits per heavy atom. The van der Waals surface area contributed by atoms with Gasteiger partial charge in [-0.3, -0.25) is 14.6 Å². The smallest absolute Gasteiger partial charge is 0.269 e. The van der Waals surface area contributed by atoms with Gasteiger partial charge in [0.1, 0.15) is 11.4 Å². The lowest BCUT2D eigenvalue weighted by atomic mass is 10.2. The van der Waals surface area contributed by atoms with Gasteiger partial charge in [0, 0.05) is 37.2 Å². The molecule has 24 heavy (non-hydrogen) atoms. The van der Waals surface area contributed by atoms with Gasteiger partial charge in [0.25, 0.3) is 11.8 Å². The molecule has 122 valence electrons. The van der Waals surface area contributed by atoms with E-state index in [2.05, 4.69) is 15.6 Å². The lowest BCUT2D eigenvalue weighted by molar-refractivity contribution is 0.0921. The number of benzene rings is 1. The Balaban J connectivity index is 1.54. The molecule has 0 spiro atoms. The Morgan fingerprint density at radius 2 is 1.71 bits per heavy atom. The summed E-state index contributed by atoms with van der Waals surface area (Å²) in [5, 5.41) is 6.56. The molecule has 0 aliphatic heterocycles. The third kappa shape index (κ3) is 3.27. The van der Waals surface area contributed by atoms with E-state index >= 15 is 0 Å². The van der Waals surface area contributed by atoms with Crippen LogP contribution in [0.4, 0.5) is 0 Å².